The lowest BCUT2D eigenvalue weighted by Gasteiger charge is -2.10. The summed E-state index contributed by atoms with van der Waals surface area (Å²) >= 11 is 0. The van der Waals surface area contributed by atoms with Crippen molar-refractivity contribution >= 4 is 10.9 Å². The standard InChI is InChI=1S/C12H16N2/c1-9(4-6-13)11-3-2-10-5-7-14-12(10)8-11/h2-3,5,7-9,14H,4,6,13H2,1H3. The molecule has 2 rings (SSSR count). The maximum absolute atomic E-state index is 5.55. The first-order chi connectivity index (χ1) is 6.81. The number of aromatic amines is 1. The van der Waals surface area contributed by atoms with Crippen LogP contribution in [0.2, 0.25) is 0 Å². The zero-order chi connectivity index (χ0) is 9.97. The van der Waals surface area contributed by atoms with Crippen LogP contribution in [0.3, 0.4) is 0 Å². The Morgan fingerprint density at radius 1 is 1.36 bits per heavy atom. The Morgan fingerprint density at radius 3 is 3.00 bits per heavy atom. The van der Waals surface area contributed by atoms with Gasteiger partial charge in [0, 0.05) is 11.7 Å². The molecule has 0 amide bonds. The molecule has 0 saturated heterocycles. The lowest BCUT2D eigenvalue weighted by Crippen LogP contribution is -2.04. The summed E-state index contributed by atoms with van der Waals surface area (Å²) < 4.78 is 0. The van der Waals surface area contributed by atoms with Crippen LogP contribution in [0.25, 0.3) is 10.9 Å². The summed E-state index contributed by atoms with van der Waals surface area (Å²) in [6.45, 7) is 2.97. The normalized spacial score (nSPS) is 13.3. The van der Waals surface area contributed by atoms with Gasteiger partial charge in [-0.25, -0.2) is 0 Å². The van der Waals surface area contributed by atoms with E-state index >= 15 is 0 Å². The summed E-state index contributed by atoms with van der Waals surface area (Å²) in [5, 5.41) is 1.27. The SMILES string of the molecule is CC(CCN)c1ccc2cc[nH]c2c1. The molecule has 0 aliphatic heterocycles. The first-order valence-electron chi connectivity index (χ1n) is 5.08. The molecule has 74 valence electrons. The van der Waals surface area contributed by atoms with Crippen molar-refractivity contribution in [3.8, 4) is 0 Å². The maximum Gasteiger partial charge on any atom is 0.0456 e. The summed E-state index contributed by atoms with van der Waals surface area (Å²) in [5.41, 5.74) is 8.13. The third kappa shape index (κ3) is 1.66. The fourth-order valence-corrected chi connectivity index (χ4v) is 1.79. The lowest BCUT2D eigenvalue weighted by molar-refractivity contribution is 0.691. The molecule has 0 fully saturated rings. The van der Waals surface area contributed by atoms with Crippen LogP contribution in [0.1, 0.15) is 24.8 Å². The van der Waals surface area contributed by atoms with E-state index in [9.17, 15) is 0 Å². The van der Waals surface area contributed by atoms with E-state index < -0.39 is 0 Å². The minimum atomic E-state index is 0.549. The highest BCUT2D eigenvalue weighted by molar-refractivity contribution is 5.79. The molecule has 2 nitrogen and oxygen atoms in total. The minimum Gasteiger partial charge on any atom is -0.361 e. The number of nitrogens with two attached hydrogens (primary N) is 1. The number of hydrogen-bond acceptors (Lipinski definition) is 1. The molecule has 1 atom stereocenters. The first kappa shape index (κ1) is 9.28. The van der Waals surface area contributed by atoms with E-state index in [1.54, 1.807) is 0 Å². The molecule has 2 heteroatoms. The van der Waals surface area contributed by atoms with Gasteiger partial charge in [-0.2, -0.15) is 0 Å². The molecule has 0 spiro atoms. The van der Waals surface area contributed by atoms with E-state index in [1.807, 2.05) is 6.20 Å². The van der Waals surface area contributed by atoms with Gasteiger partial charge in [0.05, 0.1) is 0 Å². The van der Waals surface area contributed by atoms with Crippen LogP contribution in [0.4, 0.5) is 0 Å². The van der Waals surface area contributed by atoms with Gasteiger partial charge in [0.1, 0.15) is 0 Å². The number of nitrogens with one attached hydrogen (secondary N) is 1. The molecular formula is C12H16N2. The van der Waals surface area contributed by atoms with Crippen molar-refractivity contribution in [1.29, 1.82) is 0 Å². The Hall–Kier alpha value is -1.28. The summed E-state index contributed by atoms with van der Waals surface area (Å²) in [5.74, 6) is 0.549. The number of hydrogen-bond donors (Lipinski definition) is 2. The van der Waals surface area contributed by atoms with Crippen LogP contribution in [0.5, 0.6) is 0 Å². The third-order valence-electron chi connectivity index (χ3n) is 2.75. The van der Waals surface area contributed by atoms with E-state index in [0.717, 1.165) is 13.0 Å². The highest BCUT2D eigenvalue weighted by Crippen LogP contribution is 2.22. The van der Waals surface area contributed by atoms with Gasteiger partial charge in [-0.15, -0.1) is 0 Å². The van der Waals surface area contributed by atoms with E-state index in [0.29, 0.717) is 5.92 Å². The molecule has 1 heterocycles. The molecule has 0 radical (unpaired) electrons. The van der Waals surface area contributed by atoms with Gasteiger partial charge in [-0.1, -0.05) is 19.1 Å². The zero-order valence-electron chi connectivity index (χ0n) is 8.46. The first-order valence-corrected chi connectivity index (χ1v) is 5.08. The van der Waals surface area contributed by atoms with Gasteiger partial charge in [-0.05, 0) is 42.0 Å². The second kappa shape index (κ2) is 3.84. The number of aromatic nitrogens is 1. The molecule has 2 aromatic rings. The fourth-order valence-electron chi connectivity index (χ4n) is 1.79. The van der Waals surface area contributed by atoms with Gasteiger partial charge in [0.2, 0.25) is 0 Å². The van der Waals surface area contributed by atoms with E-state index in [4.69, 9.17) is 5.73 Å². The van der Waals surface area contributed by atoms with Crippen molar-refractivity contribution in [2.75, 3.05) is 6.54 Å². The summed E-state index contributed by atoms with van der Waals surface area (Å²) in [7, 11) is 0. The van der Waals surface area contributed by atoms with Gasteiger partial charge in [0.15, 0.2) is 0 Å². The number of H-pyrrole nitrogens is 1. The minimum absolute atomic E-state index is 0.549. The van der Waals surface area contributed by atoms with Crippen molar-refractivity contribution < 1.29 is 0 Å². The second-order valence-corrected chi connectivity index (χ2v) is 3.80. The van der Waals surface area contributed by atoms with E-state index in [1.165, 1.54) is 16.5 Å². The molecular weight excluding hydrogens is 172 g/mol. The summed E-state index contributed by atoms with van der Waals surface area (Å²) in [4.78, 5) is 3.23. The smallest absolute Gasteiger partial charge is 0.0456 e. The topological polar surface area (TPSA) is 41.8 Å². The van der Waals surface area contributed by atoms with Gasteiger partial charge >= 0.3 is 0 Å². The van der Waals surface area contributed by atoms with Crippen LogP contribution >= 0.6 is 0 Å². The Labute approximate surface area is 84.1 Å². The molecule has 3 N–H and O–H groups in total. The number of fused-ring (bicyclic) bond motifs is 1. The molecule has 1 unspecified atom stereocenters. The average molecular weight is 188 g/mol. The maximum atomic E-state index is 5.55. The Morgan fingerprint density at radius 2 is 2.21 bits per heavy atom. The average Bonchev–Trinajstić information content (AvgIpc) is 2.64. The predicted octanol–water partition coefficient (Wildman–Crippen LogP) is 2.62. The van der Waals surface area contributed by atoms with Crippen molar-refractivity contribution in [2.24, 2.45) is 5.73 Å². The molecule has 0 bridgehead atoms. The lowest BCUT2D eigenvalue weighted by atomic mass is 9.97. The van der Waals surface area contributed by atoms with Gasteiger partial charge in [0.25, 0.3) is 0 Å². The van der Waals surface area contributed by atoms with E-state index in [-0.39, 0.29) is 0 Å². The molecule has 0 saturated carbocycles. The quantitative estimate of drug-likeness (QED) is 0.763. The molecule has 1 aromatic heterocycles. The largest absolute Gasteiger partial charge is 0.361 e. The fraction of sp³-hybridized carbons (Fsp3) is 0.333. The van der Waals surface area contributed by atoms with Gasteiger partial charge in [-0.3, -0.25) is 0 Å². The summed E-state index contributed by atoms with van der Waals surface area (Å²) in [6, 6.07) is 8.66. The highest BCUT2D eigenvalue weighted by Gasteiger charge is 2.05. The monoisotopic (exact) mass is 188 g/mol. The molecule has 14 heavy (non-hydrogen) atoms. The van der Waals surface area contributed by atoms with Gasteiger partial charge < -0.3 is 10.7 Å². The number of benzene rings is 1. The Kier molecular flexibility index (Phi) is 2.55. The Balaban J connectivity index is 2.33. The van der Waals surface area contributed by atoms with Crippen LogP contribution in [0, 0.1) is 0 Å². The highest BCUT2D eigenvalue weighted by atomic mass is 14.7. The number of rotatable bonds is 3. The summed E-state index contributed by atoms with van der Waals surface area (Å²) in [6.07, 6.45) is 3.02. The van der Waals surface area contributed by atoms with Crippen molar-refractivity contribution in [3.63, 3.8) is 0 Å². The van der Waals surface area contributed by atoms with Crippen molar-refractivity contribution in [2.45, 2.75) is 19.3 Å². The van der Waals surface area contributed by atoms with Crippen LogP contribution in [0.15, 0.2) is 30.5 Å². The van der Waals surface area contributed by atoms with E-state index in [2.05, 4.69) is 36.2 Å². The predicted molar refractivity (Wildman–Crippen MR) is 60.4 cm³/mol. The zero-order valence-corrected chi connectivity index (χ0v) is 8.46. The van der Waals surface area contributed by atoms with Crippen LogP contribution < -0.4 is 5.73 Å². The third-order valence-corrected chi connectivity index (χ3v) is 2.75. The Bertz CT molecular complexity index is 417. The van der Waals surface area contributed by atoms with Crippen LogP contribution in [-0.2, 0) is 0 Å². The second-order valence-electron chi connectivity index (χ2n) is 3.80. The van der Waals surface area contributed by atoms with Crippen LogP contribution in [-0.4, -0.2) is 11.5 Å². The molecule has 0 aliphatic carbocycles. The van der Waals surface area contributed by atoms with Crippen molar-refractivity contribution in [3.05, 3.63) is 36.0 Å². The molecule has 0 aliphatic rings. The molecule has 1 aromatic carbocycles. The van der Waals surface area contributed by atoms with Crippen molar-refractivity contribution in [1.82, 2.24) is 4.98 Å².